The van der Waals surface area contributed by atoms with E-state index in [1.807, 2.05) is 53.8 Å². The van der Waals surface area contributed by atoms with Crippen LogP contribution in [0.25, 0.3) is 281 Å². The molecule has 142 heavy (non-hydrogen) atoms. The van der Waals surface area contributed by atoms with Crippen molar-refractivity contribution in [3.63, 3.8) is 0 Å². The first-order valence-electron chi connectivity index (χ1n) is 47.6. The first-order chi connectivity index (χ1) is 70.3. The molecule has 0 aliphatic rings. The molecular weight excluding hydrogens is 1760 g/mol. The lowest BCUT2D eigenvalue weighted by Crippen LogP contribution is -2.06. The molecule has 30 rings (SSSR count). The number of furan rings is 2. The van der Waals surface area contributed by atoms with Gasteiger partial charge >= 0.3 is 0 Å². The molecule has 0 saturated heterocycles. The van der Waals surface area contributed by atoms with E-state index in [4.69, 9.17) is 48.7 Å². The van der Waals surface area contributed by atoms with Gasteiger partial charge in [-0.05, 0) is 162 Å². The summed E-state index contributed by atoms with van der Waals surface area (Å²) in [5.41, 5.74) is 21.9. The van der Waals surface area contributed by atoms with Crippen LogP contribution in [-0.4, -0.2) is 53.6 Å². The fourth-order valence-electron chi connectivity index (χ4n) is 20.9. The van der Waals surface area contributed by atoms with Crippen LogP contribution in [0.5, 0.6) is 0 Å². The molecule has 0 bridgehead atoms. The zero-order valence-electron chi connectivity index (χ0n) is 76.1. The molecular formula is C128H77N11O2S. The largest absolute Gasteiger partial charge is 0.455 e. The number of hydrogen-bond acceptors (Lipinski definition) is 11. The molecule has 14 heteroatoms. The molecule has 9 heterocycles. The Morgan fingerprint density at radius 1 is 0.176 bits per heavy atom. The Bertz CT molecular complexity index is 10200. The summed E-state index contributed by atoms with van der Waals surface area (Å²) in [6.45, 7) is 0. The third-order valence-electron chi connectivity index (χ3n) is 27.7. The Balaban J connectivity index is 0.000000104. The maximum absolute atomic E-state index is 6.64. The first kappa shape index (κ1) is 81.3. The summed E-state index contributed by atoms with van der Waals surface area (Å²) >= 11 is 1.86. The van der Waals surface area contributed by atoms with Crippen LogP contribution in [0.4, 0.5) is 0 Å². The van der Waals surface area contributed by atoms with Gasteiger partial charge in [-0.3, -0.25) is 13.7 Å². The van der Waals surface area contributed by atoms with Gasteiger partial charge in [-0.25, -0.2) is 19.9 Å². The molecule has 0 spiro atoms. The van der Waals surface area contributed by atoms with Crippen molar-refractivity contribution in [3.05, 3.63) is 467 Å². The molecule has 662 valence electrons. The summed E-state index contributed by atoms with van der Waals surface area (Å²) < 4.78 is 22.3. The SMILES string of the molecule is c1ccc(-c2ccc(-c3cc(-c4ccccc4)nc(-n4c5ccccc5c5c6sc7ccccc7c6ccc54)n3)cc2)cc1.c1ccc(-c2ccc3c4c5oc6ccccc6c5ccc4n(-c4nc(-c5ccc6ccccc6c5)nc(-c5ccc6ccccc6c5)n4)c3c2)cc1.c1ccc2cc(-c3nc(-c4ccc5ccccc5c4)nc(-n4c5ccccc5c5c6oc7ccccc7c6ccc54)n3)ccc2c1. The second kappa shape index (κ2) is 33.5. The van der Waals surface area contributed by atoms with Gasteiger partial charge in [-0.15, -0.1) is 11.3 Å². The minimum absolute atomic E-state index is 0.544. The van der Waals surface area contributed by atoms with Crippen LogP contribution >= 0.6 is 11.3 Å². The lowest BCUT2D eigenvalue weighted by Gasteiger charge is -2.12. The van der Waals surface area contributed by atoms with Crippen molar-refractivity contribution in [2.45, 2.75) is 0 Å². The average molecular weight is 1830 g/mol. The Morgan fingerprint density at radius 2 is 0.486 bits per heavy atom. The monoisotopic (exact) mass is 1830 g/mol. The number of fused-ring (bicyclic) bond motifs is 25. The van der Waals surface area contributed by atoms with Crippen LogP contribution in [0, 0.1) is 0 Å². The maximum atomic E-state index is 6.64. The molecule has 0 atom stereocenters. The minimum Gasteiger partial charge on any atom is -0.455 e. The van der Waals surface area contributed by atoms with Crippen LogP contribution < -0.4 is 0 Å². The number of benzene rings is 21. The van der Waals surface area contributed by atoms with E-state index in [9.17, 15) is 0 Å². The van der Waals surface area contributed by atoms with Crippen molar-refractivity contribution in [1.82, 2.24) is 53.6 Å². The molecule has 30 aromatic rings. The normalized spacial score (nSPS) is 11.8. The molecule has 0 fully saturated rings. The van der Waals surface area contributed by atoms with Gasteiger partial charge in [-0.1, -0.05) is 370 Å². The minimum atomic E-state index is 0.544. The molecule has 0 aliphatic heterocycles. The lowest BCUT2D eigenvalue weighted by atomic mass is 10.0. The molecule has 0 radical (unpaired) electrons. The second-order valence-corrected chi connectivity index (χ2v) is 37.1. The Kier molecular flexibility index (Phi) is 19.2. The van der Waals surface area contributed by atoms with Crippen LogP contribution in [-0.2, 0) is 0 Å². The van der Waals surface area contributed by atoms with Crippen molar-refractivity contribution in [2.24, 2.45) is 0 Å². The maximum Gasteiger partial charge on any atom is 0.238 e. The molecule has 13 nitrogen and oxygen atoms in total. The third-order valence-corrected chi connectivity index (χ3v) is 28.9. The highest BCUT2D eigenvalue weighted by Crippen LogP contribution is 2.48. The van der Waals surface area contributed by atoms with Crippen molar-refractivity contribution < 1.29 is 8.83 Å². The number of aromatic nitrogens is 11. The van der Waals surface area contributed by atoms with Crippen molar-refractivity contribution in [2.75, 3.05) is 0 Å². The molecule has 9 aromatic heterocycles. The standard InChI is InChI=1S/C47H28N4O.C41H24N4O.C40H25N3S/c1-2-10-29(11-3-1)34-22-23-39-41(28-34)51(40-25-24-38-37-16-8-9-17-42(37)52-44(38)43(39)40)47-49-45(35-20-18-30-12-4-6-14-32(30)26-35)48-46(50-47)36-21-19-31-13-5-7-15-33(31)27-36;1-3-11-27-23-29(19-17-25(27)9-1)39-42-40(30-20-18-26-10-2-4-12-28(26)24-30)44-41(43-39)45-34-15-7-5-14-33(34)37-35(45)22-21-32-31-13-6-8-16-36(31)46-38(32)37;1-3-11-26(12-4-1)27-19-21-29(22-20-27)34-25-33(28-13-5-2-6-14-28)41-40(42-34)43-35-17-9-7-16-32(35)38-36(43)24-23-31-30-15-8-10-18-37(30)44-39(31)38/h1-28H;1-24H;1-25H. The second-order valence-electron chi connectivity index (χ2n) is 36.0. The summed E-state index contributed by atoms with van der Waals surface area (Å²) in [6, 6.07) is 163. The van der Waals surface area contributed by atoms with E-state index in [0.29, 0.717) is 41.1 Å². The van der Waals surface area contributed by atoms with Crippen molar-refractivity contribution >= 4 is 184 Å². The number of nitrogens with zero attached hydrogens (tertiary/aromatic N) is 11. The Labute approximate surface area is 815 Å². The molecule has 0 N–H and O–H groups in total. The van der Waals surface area contributed by atoms with E-state index in [1.54, 1.807) is 0 Å². The van der Waals surface area contributed by atoms with Gasteiger partial charge in [-0.2, -0.15) is 19.9 Å². The predicted molar refractivity (Wildman–Crippen MR) is 586 cm³/mol. The summed E-state index contributed by atoms with van der Waals surface area (Å²) in [5, 5.41) is 22.9. The van der Waals surface area contributed by atoms with Gasteiger partial charge in [0.2, 0.25) is 17.8 Å². The van der Waals surface area contributed by atoms with Gasteiger partial charge in [0.15, 0.2) is 23.3 Å². The zero-order chi connectivity index (χ0) is 93.4. The zero-order valence-corrected chi connectivity index (χ0v) is 76.9. The van der Waals surface area contributed by atoms with Gasteiger partial charge < -0.3 is 8.83 Å². The smallest absolute Gasteiger partial charge is 0.238 e. The van der Waals surface area contributed by atoms with Gasteiger partial charge in [0.25, 0.3) is 0 Å². The molecule has 0 saturated carbocycles. The molecule has 0 amide bonds. The number of thiophene rings is 1. The van der Waals surface area contributed by atoms with E-state index in [-0.39, 0.29) is 0 Å². The van der Waals surface area contributed by atoms with E-state index in [0.717, 1.165) is 176 Å². The summed E-state index contributed by atoms with van der Waals surface area (Å²) in [4.78, 5) is 41.6. The van der Waals surface area contributed by atoms with E-state index in [1.165, 1.54) is 63.6 Å². The van der Waals surface area contributed by atoms with Crippen LogP contribution in [0.1, 0.15) is 0 Å². The highest BCUT2D eigenvalue weighted by Gasteiger charge is 2.28. The predicted octanol–water partition coefficient (Wildman–Crippen LogP) is 33.6. The van der Waals surface area contributed by atoms with E-state index in [2.05, 4.69) is 438 Å². The first-order valence-corrected chi connectivity index (χ1v) is 48.4. The van der Waals surface area contributed by atoms with Crippen molar-refractivity contribution in [1.29, 1.82) is 0 Å². The van der Waals surface area contributed by atoms with Crippen LogP contribution in [0.3, 0.4) is 0 Å². The van der Waals surface area contributed by atoms with E-state index >= 15 is 0 Å². The average Bonchev–Trinajstić information content (AvgIpc) is 1.56. The third kappa shape index (κ3) is 13.9. The lowest BCUT2D eigenvalue weighted by molar-refractivity contribution is 0.672. The van der Waals surface area contributed by atoms with Crippen molar-refractivity contribution in [3.8, 4) is 108 Å². The number of para-hydroxylation sites is 4. The highest BCUT2D eigenvalue weighted by molar-refractivity contribution is 7.26. The van der Waals surface area contributed by atoms with Crippen LogP contribution in [0.2, 0.25) is 0 Å². The summed E-state index contributed by atoms with van der Waals surface area (Å²) in [7, 11) is 0. The van der Waals surface area contributed by atoms with Gasteiger partial charge in [0.05, 0.1) is 55.3 Å². The van der Waals surface area contributed by atoms with Gasteiger partial charge in [0, 0.05) is 96.6 Å². The van der Waals surface area contributed by atoms with Gasteiger partial charge in [0.1, 0.15) is 22.3 Å². The highest BCUT2D eigenvalue weighted by atomic mass is 32.1. The summed E-state index contributed by atoms with van der Waals surface area (Å²) in [6.07, 6.45) is 0. The molecule has 21 aromatic carbocycles. The summed E-state index contributed by atoms with van der Waals surface area (Å²) in [5.74, 6) is 4.23. The number of rotatable bonds is 11. The Hall–Kier alpha value is -19.0. The fraction of sp³-hybridized carbons (Fsp3) is 0. The fourth-order valence-corrected chi connectivity index (χ4v) is 22.1. The molecule has 0 aliphatic carbocycles. The molecule has 0 unspecified atom stereocenters. The topological polar surface area (TPSA) is 144 Å². The van der Waals surface area contributed by atoms with Crippen LogP contribution in [0.15, 0.2) is 476 Å². The Morgan fingerprint density at radius 3 is 0.951 bits per heavy atom. The van der Waals surface area contributed by atoms with E-state index < -0.39 is 0 Å². The number of hydrogen-bond donors (Lipinski definition) is 0. The quantitative estimate of drug-likeness (QED) is 0.123.